The Morgan fingerprint density at radius 3 is 2.56 bits per heavy atom. The summed E-state index contributed by atoms with van der Waals surface area (Å²) in [6, 6.07) is 15.6. The van der Waals surface area contributed by atoms with Gasteiger partial charge in [-0.1, -0.05) is 51.8 Å². The zero-order valence-electron chi connectivity index (χ0n) is 18.0. The number of imide groups is 1. The van der Waals surface area contributed by atoms with E-state index >= 15 is 0 Å². The van der Waals surface area contributed by atoms with Crippen molar-refractivity contribution in [1.29, 1.82) is 0 Å². The van der Waals surface area contributed by atoms with Crippen LogP contribution < -0.4 is 19.7 Å². The number of nitrogens with one attached hydrogen (secondary N) is 1. The lowest BCUT2D eigenvalue weighted by Crippen LogP contribution is -2.30. The smallest absolute Gasteiger partial charge is 0.333 e. The van der Waals surface area contributed by atoms with Crippen molar-refractivity contribution in [3.63, 3.8) is 0 Å². The Labute approximate surface area is 209 Å². The van der Waals surface area contributed by atoms with Gasteiger partial charge in [0.15, 0.2) is 11.5 Å². The van der Waals surface area contributed by atoms with Crippen molar-refractivity contribution >= 4 is 51.2 Å². The Hall–Kier alpha value is -3.36. The van der Waals surface area contributed by atoms with Crippen LogP contribution in [0.25, 0.3) is 6.08 Å². The normalized spacial score (nSPS) is 14.5. The summed E-state index contributed by atoms with van der Waals surface area (Å²) in [6.07, 6.45) is 1.54. The molecule has 4 rings (SSSR count). The lowest BCUT2D eigenvalue weighted by atomic mass is 10.1. The first-order chi connectivity index (χ1) is 16.4. The van der Waals surface area contributed by atoms with Gasteiger partial charge in [0.05, 0.1) is 12.3 Å². The van der Waals surface area contributed by atoms with E-state index in [0.29, 0.717) is 44.4 Å². The molecule has 174 valence electrons. The summed E-state index contributed by atoms with van der Waals surface area (Å²) in [5.74, 6) is -0.0588. The maximum absolute atomic E-state index is 14.0. The van der Waals surface area contributed by atoms with Gasteiger partial charge in [-0.2, -0.15) is 0 Å². The zero-order valence-corrected chi connectivity index (χ0v) is 20.3. The molecule has 3 aromatic carbocycles. The third-order valence-corrected chi connectivity index (χ3v) is 5.87. The molecule has 0 saturated carbocycles. The largest absolute Gasteiger partial charge is 0.490 e. The van der Waals surface area contributed by atoms with Crippen molar-refractivity contribution < 1.29 is 23.5 Å². The average Bonchev–Trinajstić information content (AvgIpc) is 3.08. The molecule has 1 heterocycles. The summed E-state index contributed by atoms with van der Waals surface area (Å²) < 4.78 is 26.1. The van der Waals surface area contributed by atoms with Crippen molar-refractivity contribution in [3.05, 3.63) is 92.8 Å². The van der Waals surface area contributed by atoms with Gasteiger partial charge >= 0.3 is 6.03 Å². The van der Waals surface area contributed by atoms with E-state index in [4.69, 9.17) is 21.1 Å². The lowest BCUT2D eigenvalue weighted by Gasteiger charge is -2.14. The third kappa shape index (κ3) is 5.08. The third-order valence-electron chi connectivity index (χ3n) is 4.95. The van der Waals surface area contributed by atoms with Crippen LogP contribution in [0, 0.1) is 5.82 Å². The van der Waals surface area contributed by atoms with Crippen LogP contribution in [0.3, 0.4) is 0 Å². The van der Waals surface area contributed by atoms with Gasteiger partial charge < -0.3 is 14.8 Å². The van der Waals surface area contributed by atoms with Crippen LogP contribution in [0.2, 0.25) is 5.02 Å². The number of benzene rings is 3. The van der Waals surface area contributed by atoms with Crippen LogP contribution in [-0.2, 0) is 11.4 Å². The summed E-state index contributed by atoms with van der Waals surface area (Å²) >= 11 is 9.48. The molecule has 0 bridgehead atoms. The molecule has 0 aliphatic carbocycles. The fourth-order valence-electron chi connectivity index (χ4n) is 3.35. The van der Waals surface area contributed by atoms with E-state index in [-0.39, 0.29) is 18.1 Å². The maximum Gasteiger partial charge on any atom is 0.333 e. The van der Waals surface area contributed by atoms with Gasteiger partial charge in [-0.25, -0.2) is 14.1 Å². The number of halogens is 3. The van der Waals surface area contributed by atoms with E-state index in [9.17, 15) is 14.0 Å². The average molecular weight is 546 g/mol. The Morgan fingerprint density at radius 2 is 1.82 bits per heavy atom. The van der Waals surface area contributed by atoms with Crippen molar-refractivity contribution in [1.82, 2.24) is 5.32 Å². The summed E-state index contributed by atoms with van der Waals surface area (Å²) in [6.45, 7) is 2.21. The van der Waals surface area contributed by atoms with Crippen LogP contribution in [-0.4, -0.2) is 18.5 Å². The first-order valence-corrected chi connectivity index (χ1v) is 11.5. The quantitative estimate of drug-likeness (QED) is 0.279. The van der Waals surface area contributed by atoms with Crippen molar-refractivity contribution in [2.24, 2.45) is 0 Å². The maximum atomic E-state index is 14.0. The van der Waals surface area contributed by atoms with Crippen LogP contribution in [0.4, 0.5) is 14.9 Å². The Morgan fingerprint density at radius 1 is 1.06 bits per heavy atom. The number of anilines is 1. The Kier molecular flexibility index (Phi) is 7.19. The molecule has 0 unspecified atom stereocenters. The molecule has 6 nitrogen and oxygen atoms in total. The first-order valence-electron chi connectivity index (χ1n) is 10.3. The van der Waals surface area contributed by atoms with Gasteiger partial charge in [0.25, 0.3) is 5.91 Å². The number of nitrogens with zero attached hydrogens (tertiary/aromatic N) is 1. The molecule has 34 heavy (non-hydrogen) atoms. The van der Waals surface area contributed by atoms with E-state index < -0.39 is 11.9 Å². The summed E-state index contributed by atoms with van der Waals surface area (Å²) in [5.41, 5.74) is 1.45. The van der Waals surface area contributed by atoms with Gasteiger partial charge in [0, 0.05) is 15.1 Å². The number of ether oxygens (including phenoxy) is 2. The van der Waals surface area contributed by atoms with Crippen molar-refractivity contribution in [2.75, 3.05) is 11.5 Å². The molecule has 1 aliphatic heterocycles. The minimum Gasteiger partial charge on any atom is -0.490 e. The van der Waals surface area contributed by atoms with E-state index in [2.05, 4.69) is 21.2 Å². The highest BCUT2D eigenvalue weighted by Crippen LogP contribution is 2.36. The number of carbonyl (C=O) groups excluding carboxylic acids is 2. The highest BCUT2D eigenvalue weighted by Gasteiger charge is 2.35. The predicted octanol–water partition coefficient (Wildman–Crippen LogP) is 6.32. The molecule has 3 amide bonds. The Balaban J connectivity index is 1.61. The molecule has 3 aromatic rings. The summed E-state index contributed by atoms with van der Waals surface area (Å²) in [7, 11) is 0. The van der Waals surface area contributed by atoms with Crippen LogP contribution >= 0.6 is 27.5 Å². The standard InChI is InChI=1S/C25H19BrClFN2O4/c1-2-33-22-11-16(19(26)13-23(22)34-14-15-6-3-4-9-20(15)28)10-21-24(31)30(25(32)29-21)18-8-5-7-17(27)12-18/h3-13H,2,14H2,1H3,(H,29,32)/b21-10+. The molecule has 1 aliphatic rings. The minimum atomic E-state index is -0.579. The van der Waals surface area contributed by atoms with Gasteiger partial charge in [0.1, 0.15) is 18.1 Å². The molecule has 0 radical (unpaired) electrons. The monoisotopic (exact) mass is 544 g/mol. The number of urea groups is 1. The topological polar surface area (TPSA) is 67.9 Å². The number of hydrogen-bond donors (Lipinski definition) is 1. The second-order valence-corrected chi connectivity index (χ2v) is 8.53. The second kappa shape index (κ2) is 10.3. The van der Waals surface area contributed by atoms with Gasteiger partial charge in [-0.3, -0.25) is 4.79 Å². The summed E-state index contributed by atoms with van der Waals surface area (Å²) in [4.78, 5) is 26.4. The number of rotatable bonds is 7. The lowest BCUT2D eigenvalue weighted by molar-refractivity contribution is -0.113. The summed E-state index contributed by atoms with van der Waals surface area (Å²) in [5, 5.41) is 3.00. The molecule has 1 N–H and O–H groups in total. The zero-order chi connectivity index (χ0) is 24.2. The molecular weight excluding hydrogens is 527 g/mol. The van der Waals surface area contributed by atoms with Crippen molar-refractivity contribution in [2.45, 2.75) is 13.5 Å². The molecule has 0 spiro atoms. The van der Waals surface area contributed by atoms with Crippen LogP contribution in [0.5, 0.6) is 11.5 Å². The van der Waals surface area contributed by atoms with E-state index in [1.54, 1.807) is 48.5 Å². The molecule has 0 aromatic heterocycles. The number of hydrogen-bond acceptors (Lipinski definition) is 4. The molecular formula is C25H19BrClFN2O4. The SMILES string of the molecule is CCOc1cc(/C=C2/NC(=O)N(c3cccc(Cl)c3)C2=O)c(Br)cc1OCc1ccccc1F. The number of carbonyl (C=O) groups is 2. The predicted molar refractivity (Wildman–Crippen MR) is 131 cm³/mol. The molecule has 0 atom stereocenters. The first kappa shape index (κ1) is 23.8. The second-order valence-electron chi connectivity index (χ2n) is 7.24. The Bertz CT molecular complexity index is 1300. The number of amides is 3. The molecule has 1 saturated heterocycles. The van der Waals surface area contributed by atoms with Gasteiger partial charge in [-0.05, 0) is 55.0 Å². The molecule has 1 fully saturated rings. The van der Waals surface area contributed by atoms with E-state index in [1.165, 1.54) is 18.2 Å². The van der Waals surface area contributed by atoms with E-state index in [0.717, 1.165) is 4.90 Å². The van der Waals surface area contributed by atoms with E-state index in [1.807, 2.05) is 6.92 Å². The van der Waals surface area contributed by atoms with Gasteiger partial charge in [-0.15, -0.1) is 0 Å². The fourth-order valence-corrected chi connectivity index (χ4v) is 3.98. The van der Waals surface area contributed by atoms with Crippen molar-refractivity contribution in [3.8, 4) is 11.5 Å². The fraction of sp³-hybridized carbons (Fsp3) is 0.120. The molecule has 9 heteroatoms. The van der Waals surface area contributed by atoms with Gasteiger partial charge in [0.2, 0.25) is 0 Å². The van der Waals surface area contributed by atoms with Crippen LogP contribution in [0.1, 0.15) is 18.1 Å². The highest BCUT2D eigenvalue weighted by atomic mass is 79.9. The van der Waals surface area contributed by atoms with Crippen LogP contribution in [0.15, 0.2) is 70.8 Å². The highest BCUT2D eigenvalue weighted by molar-refractivity contribution is 9.10. The minimum absolute atomic E-state index is 0.0166.